The maximum Gasteiger partial charge on any atom is 0.227 e. The zero-order chi connectivity index (χ0) is 12.1. The third kappa shape index (κ3) is 3.34. The Hall–Kier alpha value is -0.830. The van der Waals surface area contributed by atoms with Gasteiger partial charge in [-0.3, -0.25) is 4.79 Å². The van der Waals surface area contributed by atoms with Crippen molar-refractivity contribution >= 4 is 27.5 Å². The molecule has 3 heteroatoms. The van der Waals surface area contributed by atoms with Crippen LogP contribution in [0.5, 0.6) is 0 Å². The van der Waals surface area contributed by atoms with Crippen LogP contribution in [0, 0.1) is 12.8 Å². The van der Waals surface area contributed by atoms with Gasteiger partial charge in [0.25, 0.3) is 0 Å². The highest BCUT2D eigenvalue weighted by Crippen LogP contribution is 2.22. The minimum atomic E-state index is 0.110. The number of amides is 1. The number of halogens is 1. The molecule has 1 rings (SSSR count). The Morgan fingerprint density at radius 1 is 1.38 bits per heavy atom. The fraction of sp³-hybridized carbons (Fsp3) is 0.462. The summed E-state index contributed by atoms with van der Waals surface area (Å²) in [5.41, 5.74) is 1.98. The first kappa shape index (κ1) is 13.2. The first-order valence-corrected chi connectivity index (χ1v) is 6.44. The molecule has 0 spiro atoms. The number of nitrogens with one attached hydrogen (secondary N) is 1. The highest BCUT2D eigenvalue weighted by molar-refractivity contribution is 9.10. The zero-order valence-electron chi connectivity index (χ0n) is 10.0. The molecule has 1 aromatic carbocycles. The van der Waals surface area contributed by atoms with E-state index in [9.17, 15) is 4.79 Å². The molecule has 0 heterocycles. The van der Waals surface area contributed by atoms with Crippen molar-refractivity contribution in [1.82, 2.24) is 0 Å². The Labute approximate surface area is 106 Å². The van der Waals surface area contributed by atoms with Gasteiger partial charge in [0.1, 0.15) is 0 Å². The Balaban J connectivity index is 2.80. The first-order chi connectivity index (χ1) is 7.58. The number of hydrogen-bond donors (Lipinski definition) is 1. The Morgan fingerprint density at radius 2 is 2.00 bits per heavy atom. The van der Waals surface area contributed by atoms with Crippen LogP contribution in [0.4, 0.5) is 5.69 Å². The number of benzene rings is 1. The lowest BCUT2D eigenvalue weighted by molar-refractivity contribution is -0.120. The lowest BCUT2D eigenvalue weighted by Crippen LogP contribution is -2.22. The number of carbonyl (C=O) groups excluding carboxylic acids is 1. The molecule has 0 bridgehead atoms. The van der Waals surface area contributed by atoms with Crippen molar-refractivity contribution in [2.45, 2.75) is 33.6 Å². The lowest BCUT2D eigenvalue weighted by Gasteiger charge is -2.14. The summed E-state index contributed by atoms with van der Waals surface area (Å²) in [6.07, 6.45) is 1.77. The molecule has 0 saturated heterocycles. The molecule has 0 unspecified atom stereocenters. The molecule has 88 valence electrons. The summed E-state index contributed by atoms with van der Waals surface area (Å²) in [5, 5.41) is 2.98. The zero-order valence-corrected chi connectivity index (χ0v) is 11.6. The maximum atomic E-state index is 11.9. The van der Waals surface area contributed by atoms with E-state index in [-0.39, 0.29) is 11.8 Å². The van der Waals surface area contributed by atoms with E-state index in [1.54, 1.807) is 0 Å². The van der Waals surface area contributed by atoms with Gasteiger partial charge in [0.05, 0.1) is 0 Å². The second-order valence-corrected chi connectivity index (χ2v) is 4.88. The SMILES string of the molecule is CCC(CC)C(=O)Nc1cc(Br)ccc1C. The average Bonchev–Trinajstić information content (AvgIpc) is 2.25. The molecule has 0 radical (unpaired) electrons. The van der Waals surface area contributed by atoms with Crippen molar-refractivity contribution in [3.63, 3.8) is 0 Å². The van der Waals surface area contributed by atoms with Gasteiger partial charge in [0.15, 0.2) is 0 Å². The van der Waals surface area contributed by atoms with E-state index in [4.69, 9.17) is 0 Å². The summed E-state index contributed by atoms with van der Waals surface area (Å²) in [5.74, 6) is 0.226. The number of aryl methyl sites for hydroxylation is 1. The third-order valence-electron chi connectivity index (χ3n) is 2.81. The second-order valence-electron chi connectivity index (χ2n) is 3.96. The van der Waals surface area contributed by atoms with Gasteiger partial charge in [-0.2, -0.15) is 0 Å². The number of hydrogen-bond acceptors (Lipinski definition) is 1. The molecule has 0 aliphatic carbocycles. The van der Waals surface area contributed by atoms with E-state index in [1.165, 1.54) is 0 Å². The predicted molar refractivity (Wildman–Crippen MR) is 71.6 cm³/mol. The third-order valence-corrected chi connectivity index (χ3v) is 3.31. The van der Waals surface area contributed by atoms with Crippen molar-refractivity contribution < 1.29 is 4.79 Å². The van der Waals surface area contributed by atoms with E-state index in [1.807, 2.05) is 39.0 Å². The Morgan fingerprint density at radius 3 is 2.56 bits per heavy atom. The van der Waals surface area contributed by atoms with Gasteiger partial charge in [-0.1, -0.05) is 35.8 Å². The minimum absolute atomic E-state index is 0.110. The van der Waals surface area contributed by atoms with E-state index in [0.717, 1.165) is 28.6 Å². The average molecular weight is 284 g/mol. The monoisotopic (exact) mass is 283 g/mol. The maximum absolute atomic E-state index is 11.9. The molecule has 2 nitrogen and oxygen atoms in total. The van der Waals surface area contributed by atoms with Crippen LogP contribution in [0.15, 0.2) is 22.7 Å². The van der Waals surface area contributed by atoms with Crippen LogP contribution in [0.25, 0.3) is 0 Å². The van der Waals surface area contributed by atoms with Crippen LogP contribution in [0.1, 0.15) is 32.3 Å². The second kappa shape index (κ2) is 6.04. The van der Waals surface area contributed by atoms with E-state index in [2.05, 4.69) is 21.2 Å². The summed E-state index contributed by atoms with van der Waals surface area (Å²) in [6.45, 7) is 6.08. The van der Waals surface area contributed by atoms with E-state index in [0.29, 0.717) is 0 Å². The fourth-order valence-electron chi connectivity index (χ4n) is 1.62. The van der Waals surface area contributed by atoms with E-state index >= 15 is 0 Å². The van der Waals surface area contributed by atoms with Gasteiger partial charge < -0.3 is 5.32 Å². The van der Waals surface area contributed by atoms with Gasteiger partial charge in [-0.25, -0.2) is 0 Å². The molecule has 0 aliphatic rings. The molecule has 0 saturated carbocycles. The van der Waals surface area contributed by atoms with Crippen molar-refractivity contribution in [3.8, 4) is 0 Å². The summed E-state index contributed by atoms with van der Waals surface area (Å²) in [6, 6.07) is 5.91. The molecular formula is C13H18BrNO. The first-order valence-electron chi connectivity index (χ1n) is 5.65. The topological polar surface area (TPSA) is 29.1 Å². The van der Waals surface area contributed by atoms with Crippen LogP contribution in [-0.4, -0.2) is 5.91 Å². The normalized spacial score (nSPS) is 10.6. The minimum Gasteiger partial charge on any atom is -0.326 e. The van der Waals surface area contributed by atoms with Crippen LogP contribution in [0.3, 0.4) is 0 Å². The summed E-state index contributed by atoms with van der Waals surface area (Å²) < 4.78 is 0.984. The highest BCUT2D eigenvalue weighted by atomic mass is 79.9. The van der Waals surface area contributed by atoms with Crippen LogP contribution in [0.2, 0.25) is 0 Å². The predicted octanol–water partition coefficient (Wildman–Crippen LogP) is 4.13. The molecular weight excluding hydrogens is 266 g/mol. The Kier molecular flexibility index (Phi) is 5.00. The number of carbonyl (C=O) groups is 1. The fourth-order valence-corrected chi connectivity index (χ4v) is 1.98. The van der Waals surface area contributed by atoms with Crippen LogP contribution >= 0.6 is 15.9 Å². The van der Waals surface area contributed by atoms with Crippen molar-refractivity contribution in [2.24, 2.45) is 5.92 Å². The number of rotatable bonds is 4. The van der Waals surface area contributed by atoms with E-state index < -0.39 is 0 Å². The number of anilines is 1. The summed E-state index contributed by atoms with van der Waals surface area (Å²) in [4.78, 5) is 11.9. The molecule has 1 amide bonds. The molecule has 0 atom stereocenters. The van der Waals surface area contributed by atoms with Crippen LogP contribution < -0.4 is 5.32 Å². The van der Waals surface area contributed by atoms with Gasteiger partial charge in [-0.15, -0.1) is 0 Å². The van der Waals surface area contributed by atoms with Gasteiger partial charge in [0.2, 0.25) is 5.91 Å². The molecule has 1 aromatic rings. The quantitative estimate of drug-likeness (QED) is 0.884. The van der Waals surface area contributed by atoms with Crippen molar-refractivity contribution in [2.75, 3.05) is 5.32 Å². The summed E-state index contributed by atoms with van der Waals surface area (Å²) in [7, 11) is 0. The molecule has 0 aromatic heterocycles. The van der Waals surface area contributed by atoms with Crippen molar-refractivity contribution in [3.05, 3.63) is 28.2 Å². The summed E-state index contributed by atoms with van der Waals surface area (Å²) >= 11 is 3.41. The van der Waals surface area contributed by atoms with Gasteiger partial charge >= 0.3 is 0 Å². The molecule has 16 heavy (non-hydrogen) atoms. The smallest absolute Gasteiger partial charge is 0.227 e. The standard InChI is InChI=1S/C13H18BrNO/c1-4-10(5-2)13(16)15-12-8-11(14)7-6-9(12)3/h6-8,10H,4-5H2,1-3H3,(H,15,16). The van der Waals surface area contributed by atoms with Crippen LogP contribution in [-0.2, 0) is 4.79 Å². The van der Waals surface area contributed by atoms with Gasteiger partial charge in [0, 0.05) is 16.1 Å². The van der Waals surface area contributed by atoms with Crippen molar-refractivity contribution in [1.29, 1.82) is 0 Å². The highest BCUT2D eigenvalue weighted by Gasteiger charge is 2.14. The largest absolute Gasteiger partial charge is 0.326 e. The van der Waals surface area contributed by atoms with Gasteiger partial charge in [-0.05, 0) is 37.5 Å². The Bertz CT molecular complexity index is 372. The molecule has 0 fully saturated rings. The lowest BCUT2D eigenvalue weighted by atomic mass is 10.0. The molecule has 0 aliphatic heterocycles. The molecule has 1 N–H and O–H groups in total.